The van der Waals surface area contributed by atoms with E-state index in [0.29, 0.717) is 0 Å². The maximum absolute atomic E-state index is 6.03. The largest absolute Gasteiger partial charge is 0.495 e. The molecular weight excluding hydrogens is 219 g/mol. The second-order valence-electron chi connectivity index (χ2n) is 5.46. The molecule has 0 radical (unpaired) electrons. The predicted octanol–water partition coefficient (Wildman–Crippen LogP) is 2.66. The average Bonchev–Trinajstić information content (AvgIpc) is 2.54. The maximum Gasteiger partial charge on any atom is 0.495 e. The number of aryl methyl sites for hydroxylation is 1. The van der Waals surface area contributed by atoms with E-state index in [1.54, 1.807) is 11.3 Å². The highest BCUT2D eigenvalue weighted by Gasteiger charge is 2.52. The first kappa shape index (κ1) is 12.2. The molecular formula is C12H19BO2S. The van der Waals surface area contributed by atoms with Crippen LogP contribution in [0.3, 0.4) is 0 Å². The molecule has 1 aliphatic heterocycles. The summed E-state index contributed by atoms with van der Waals surface area (Å²) < 4.78 is 12.1. The molecule has 0 bridgehead atoms. The van der Waals surface area contributed by atoms with E-state index in [2.05, 4.69) is 46.9 Å². The van der Waals surface area contributed by atoms with Crippen LogP contribution < -0.4 is 5.46 Å². The van der Waals surface area contributed by atoms with E-state index >= 15 is 0 Å². The average molecular weight is 238 g/mol. The Hall–Kier alpha value is -0.315. The molecule has 2 heterocycles. The quantitative estimate of drug-likeness (QED) is 0.700. The lowest BCUT2D eigenvalue weighted by atomic mass is 9.78. The van der Waals surface area contributed by atoms with E-state index in [9.17, 15) is 0 Å². The van der Waals surface area contributed by atoms with Crippen LogP contribution in [-0.4, -0.2) is 18.3 Å². The van der Waals surface area contributed by atoms with Gasteiger partial charge in [-0.25, -0.2) is 0 Å². The Balaban J connectivity index is 2.30. The van der Waals surface area contributed by atoms with Gasteiger partial charge in [0.05, 0.1) is 11.2 Å². The van der Waals surface area contributed by atoms with Crippen molar-refractivity contribution in [1.82, 2.24) is 0 Å². The SMILES string of the molecule is Cc1scc(B2OC(C)(C)C(C)(C)O2)c1C. The van der Waals surface area contributed by atoms with Crippen molar-refractivity contribution in [3.63, 3.8) is 0 Å². The van der Waals surface area contributed by atoms with Gasteiger partial charge in [0, 0.05) is 4.88 Å². The Morgan fingerprint density at radius 3 is 1.94 bits per heavy atom. The minimum atomic E-state index is -0.250. The van der Waals surface area contributed by atoms with Gasteiger partial charge in [0.15, 0.2) is 0 Å². The smallest absolute Gasteiger partial charge is 0.399 e. The van der Waals surface area contributed by atoms with Crippen LogP contribution in [0.15, 0.2) is 5.38 Å². The molecule has 4 heteroatoms. The Morgan fingerprint density at radius 2 is 1.56 bits per heavy atom. The van der Waals surface area contributed by atoms with Gasteiger partial charge in [-0.3, -0.25) is 0 Å². The van der Waals surface area contributed by atoms with Gasteiger partial charge in [-0.05, 0) is 57.9 Å². The van der Waals surface area contributed by atoms with Gasteiger partial charge in [-0.1, -0.05) is 0 Å². The first-order chi connectivity index (χ1) is 7.24. The zero-order chi connectivity index (χ0) is 12.1. The van der Waals surface area contributed by atoms with Crippen LogP contribution in [0.4, 0.5) is 0 Å². The Kier molecular flexibility index (Phi) is 2.72. The molecule has 2 rings (SSSR count). The molecule has 1 saturated heterocycles. The molecule has 0 N–H and O–H groups in total. The third-order valence-electron chi connectivity index (χ3n) is 3.83. The van der Waals surface area contributed by atoms with E-state index in [-0.39, 0.29) is 18.3 Å². The summed E-state index contributed by atoms with van der Waals surface area (Å²) in [5.74, 6) is 0. The molecule has 0 aliphatic carbocycles. The second kappa shape index (κ2) is 3.59. The fraction of sp³-hybridized carbons (Fsp3) is 0.667. The molecule has 0 unspecified atom stereocenters. The molecule has 0 aromatic carbocycles. The fourth-order valence-corrected chi connectivity index (χ4v) is 2.62. The third kappa shape index (κ3) is 1.73. The zero-order valence-corrected chi connectivity index (χ0v) is 11.7. The first-order valence-corrected chi connectivity index (χ1v) is 6.53. The Morgan fingerprint density at radius 1 is 1.06 bits per heavy atom. The number of rotatable bonds is 1. The molecule has 0 saturated carbocycles. The zero-order valence-electron chi connectivity index (χ0n) is 10.9. The lowest BCUT2D eigenvalue weighted by molar-refractivity contribution is 0.00578. The number of hydrogen-bond donors (Lipinski definition) is 0. The van der Waals surface area contributed by atoms with E-state index in [0.717, 1.165) is 0 Å². The van der Waals surface area contributed by atoms with Crippen LogP contribution in [-0.2, 0) is 9.31 Å². The molecule has 16 heavy (non-hydrogen) atoms. The van der Waals surface area contributed by atoms with E-state index < -0.39 is 0 Å². The van der Waals surface area contributed by atoms with E-state index in [1.165, 1.54) is 15.9 Å². The summed E-state index contributed by atoms with van der Waals surface area (Å²) in [6.07, 6.45) is 0. The minimum Gasteiger partial charge on any atom is -0.399 e. The molecule has 1 aliphatic rings. The van der Waals surface area contributed by atoms with Gasteiger partial charge in [-0.2, -0.15) is 0 Å². The van der Waals surface area contributed by atoms with Crippen molar-refractivity contribution in [2.75, 3.05) is 0 Å². The molecule has 0 atom stereocenters. The van der Waals surface area contributed by atoms with E-state index in [1.807, 2.05) is 0 Å². The second-order valence-corrected chi connectivity index (χ2v) is 6.54. The van der Waals surface area contributed by atoms with Crippen molar-refractivity contribution < 1.29 is 9.31 Å². The van der Waals surface area contributed by atoms with Gasteiger partial charge >= 0.3 is 7.12 Å². The summed E-state index contributed by atoms with van der Waals surface area (Å²) in [6, 6.07) is 0. The van der Waals surface area contributed by atoms with Gasteiger partial charge in [0.1, 0.15) is 0 Å². The van der Waals surface area contributed by atoms with Crippen molar-refractivity contribution in [3.05, 3.63) is 15.8 Å². The van der Waals surface area contributed by atoms with Crippen LogP contribution in [0.25, 0.3) is 0 Å². The van der Waals surface area contributed by atoms with Gasteiger partial charge in [0.25, 0.3) is 0 Å². The van der Waals surface area contributed by atoms with Crippen molar-refractivity contribution in [2.45, 2.75) is 52.7 Å². The monoisotopic (exact) mass is 238 g/mol. The summed E-state index contributed by atoms with van der Waals surface area (Å²) in [5, 5.41) is 2.15. The van der Waals surface area contributed by atoms with Crippen LogP contribution in [0.2, 0.25) is 0 Å². The number of thiophene rings is 1. The predicted molar refractivity (Wildman–Crippen MR) is 69.5 cm³/mol. The van der Waals surface area contributed by atoms with Crippen molar-refractivity contribution in [1.29, 1.82) is 0 Å². The highest BCUT2D eigenvalue weighted by Crippen LogP contribution is 2.37. The lowest BCUT2D eigenvalue weighted by Crippen LogP contribution is -2.41. The molecule has 0 amide bonds. The third-order valence-corrected chi connectivity index (χ3v) is 4.86. The Bertz CT molecular complexity index is 393. The maximum atomic E-state index is 6.03. The van der Waals surface area contributed by atoms with Crippen LogP contribution in [0, 0.1) is 13.8 Å². The fourth-order valence-electron chi connectivity index (χ4n) is 1.73. The van der Waals surface area contributed by atoms with Crippen molar-refractivity contribution >= 4 is 23.9 Å². The standard InChI is InChI=1S/C12H19BO2S/c1-8-9(2)16-7-10(8)13-14-11(3,4)12(5,6)15-13/h7H,1-6H3. The molecule has 0 spiro atoms. The normalized spacial score (nSPS) is 22.8. The van der Waals surface area contributed by atoms with Crippen molar-refractivity contribution in [3.8, 4) is 0 Å². The van der Waals surface area contributed by atoms with Gasteiger partial charge in [-0.15, -0.1) is 11.3 Å². The highest BCUT2D eigenvalue weighted by molar-refractivity contribution is 7.11. The highest BCUT2D eigenvalue weighted by atomic mass is 32.1. The van der Waals surface area contributed by atoms with Crippen LogP contribution in [0.5, 0.6) is 0 Å². The summed E-state index contributed by atoms with van der Waals surface area (Å²) >= 11 is 1.76. The van der Waals surface area contributed by atoms with Gasteiger partial charge < -0.3 is 9.31 Å². The molecule has 88 valence electrons. The molecule has 1 aromatic heterocycles. The minimum absolute atomic E-state index is 0.213. The molecule has 2 nitrogen and oxygen atoms in total. The van der Waals surface area contributed by atoms with Gasteiger partial charge in [0.2, 0.25) is 0 Å². The van der Waals surface area contributed by atoms with Crippen LogP contribution >= 0.6 is 11.3 Å². The topological polar surface area (TPSA) is 18.5 Å². The summed E-state index contributed by atoms with van der Waals surface area (Å²) in [4.78, 5) is 1.34. The summed E-state index contributed by atoms with van der Waals surface area (Å²) in [5.41, 5.74) is 1.98. The summed E-state index contributed by atoms with van der Waals surface area (Å²) in [6.45, 7) is 12.6. The van der Waals surface area contributed by atoms with E-state index in [4.69, 9.17) is 9.31 Å². The summed E-state index contributed by atoms with van der Waals surface area (Å²) in [7, 11) is -0.213. The van der Waals surface area contributed by atoms with Crippen molar-refractivity contribution in [2.24, 2.45) is 0 Å². The molecule has 1 fully saturated rings. The number of hydrogen-bond acceptors (Lipinski definition) is 3. The lowest BCUT2D eigenvalue weighted by Gasteiger charge is -2.32. The molecule has 1 aromatic rings. The van der Waals surface area contributed by atoms with Crippen LogP contribution in [0.1, 0.15) is 38.1 Å². The Labute approximate surface area is 102 Å². The first-order valence-electron chi connectivity index (χ1n) is 5.65.